The molecule has 2 rings (SSSR count). The van der Waals surface area contributed by atoms with Crippen molar-refractivity contribution < 1.29 is 38.0 Å². The predicted molar refractivity (Wildman–Crippen MR) is 158 cm³/mol. The van der Waals surface area contributed by atoms with Crippen LogP contribution in [-0.2, 0) is 34.0 Å². The molecular weight excluding hydrogens is 524 g/mol. The van der Waals surface area contributed by atoms with Gasteiger partial charge in [0.25, 0.3) is 0 Å². The molecule has 0 aliphatic carbocycles. The van der Waals surface area contributed by atoms with Gasteiger partial charge in [-0.3, -0.25) is 0 Å². The average molecular weight is 569 g/mol. The summed E-state index contributed by atoms with van der Waals surface area (Å²) in [6.07, 6.45) is 4.35. The Labute approximate surface area is 244 Å². The van der Waals surface area contributed by atoms with Crippen molar-refractivity contribution in [2.75, 3.05) is 39.6 Å². The number of hydrogen-bond donors (Lipinski definition) is 0. The van der Waals surface area contributed by atoms with E-state index in [9.17, 15) is 9.59 Å². The first kappa shape index (κ1) is 33.3. The van der Waals surface area contributed by atoms with Crippen LogP contribution in [0.4, 0.5) is 0 Å². The largest absolute Gasteiger partial charge is 0.493 e. The number of carbonyl (C=O) groups is 2. The highest BCUT2D eigenvalue weighted by atomic mass is 16.6. The van der Waals surface area contributed by atoms with Gasteiger partial charge in [0.05, 0.1) is 39.6 Å². The molecule has 0 spiro atoms. The number of esters is 2. The van der Waals surface area contributed by atoms with Crippen LogP contribution in [0.25, 0.3) is 0 Å². The van der Waals surface area contributed by atoms with E-state index in [0.29, 0.717) is 39.3 Å². The fourth-order valence-corrected chi connectivity index (χ4v) is 3.90. The van der Waals surface area contributed by atoms with E-state index in [4.69, 9.17) is 28.4 Å². The molecule has 0 aliphatic heterocycles. The minimum atomic E-state index is -0.458. The van der Waals surface area contributed by atoms with Crippen molar-refractivity contribution in [2.45, 2.75) is 59.8 Å². The minimum Gasteiger partial charge on any atom is -0.493 e. The molecule has 0 heterocycles. The SMILES string of the molecule is CC=C(OCC)C(=O)OCCCOc1ccc(C(C)(C)c2ccc(OCCCOC(=O)C(=CC)OCC)cc2)cc1. The van der Waals surface area contributed by atoms with Crippen LogP contribution in [0.1, 0.15) is 65.5 Å². The zero-order valence-electron chi connectivity index (χ0n) is 25.2. The van der Waals surface area contributed by atoms with Gasteiger partial charge in [0, 0.05) is 18.3 Å². The molecule has 0 unspecified atom stereocenters. The van der Waals surface area contributed by atoms with Gasteiger partial charge in [0.15, 0.2) is 11.5 Å². The normalized spacial score (nSPS) is 12.0. The third-order valence-corrected chi connectivity index (χ3v) is 6.26. The van der Waals surface area contributed by atoms with E-state index in [2.05, 4.69) is 38.1 Å². The average Bonchev–Trinajstić information content (AvgIpc) is 2.98. The molecule has 2 aromatic carbocycles. The molecule has 0 saturated carbocycles. The van der Waals surface area contributed by atoms with Crippen molar-refractivity contribution in [3.05, 3.63) is 83.3 Å². The van der Waals surface area contributed by atoms with Crippen LogP contribution < -0.4 is 9.47 Å². The van der Waals surface area contributed by atoms with Crippen LogP contribution in [0.15, 0.2) is 72.2 Å². The molecule has 0 atom stereocenters. The van der Waals surface area contributed by atoms with Crippen LogP contribution >= 0.6 is 0 Å². The quantitative estimate of drug-likeness (QED) is 0.0869. The smallest absolute Gasteiger partial charge is 0.373 e. The maximum absolute atomic E-state index is 11.9. The zero-order chi connectivity index (χ0) is 30.1. The highest BCUT2D eigenvalue weighted by Gasteiger charge is 2.23. The molecule has 0 radical (unpaired) electrons. The Bertz CT molecular complexity index is 1040. The molecular formula is C33H44O8. The number of rotatable bonds is 18. The van der Waals surface area contributed by atoms with E-state index < -0.39 is 11.9 Å². The monoisotopic (exact) mass is 568 g/mol. The third kappa shape index (κ3) is 10.9. The summed E-state index contributed by atoms with van der Waals surface area (Å²) in [5.74, 6) is 1.05. The molecule has 0 saturated heterocycles. The second-order valence-corrected chi connectivity index (χ2v) is 9.52. The van der Waals surface area contributed by atoms with E-state index >= 15 is 0 Å². The third-order valence-electron chi connectivity index (χ3n) is 6.26. The molecule has 8 nitrogen and oxygen atoms in total. The molecule has 8 heteroatoms. The summed E-state index contributed by atoms with van der Waals surface area (Å²) in [7, 11) is 0. The molecule has 0 N–H and O–H groups in total. The standard InChI is InChI=1S/C33H44O8/c1-7-29(36-9-3)31(34)40-23-11-21-38-27-17-13-25(14-18-27)33(5,6)26-15-19-28(20-16-26)39-22-12-24-41-32(35)30(8-2)37-10-4/h7-8,13-20H,9-12,21-24H2,1-6H3. The van der Waals surface area contributed by atoms with Crippen molar-refractivity contribution in [1.82, 2.24) is 0 Å². The van der Waals surface area contributed by atoms with Gasteiger partial charge >= 0.3 is 11.9 Å². The number of benzene rings is 2. The number of carbonyl (C=O) groups excluding carboxylic acids is 2. The Kier molecular flexibility index (Phi) is 14.4. The van der Waals surface area contributed by atoms with Gasteiger partial charge in [-0.05, 0) is 75.2 Å². The Morgan fingerprint density at radius 1 is 0.610 bits per heavy atom. The molecule has 224 valence electrons. The first-order valence-corrected chi connectivity index (χ1v) is 14.2. The summed E-state index contributed by atoms with van der Waals surface area (Å²) < 4.78 is 32.5. The summed E-state index contributed by atoms with van der Waals surface area (Å²) in [4.78, 5) is 23.8. The second-order valence-electron chi connectivity index (χ2n) is 9.52. The van der Waals surface area contributed by atoms with Gasteiger partial charge < -0.3 is 28.4 Å². The summed E-state index contributed by atoms with van der Waals surface area (Å²) in [6, 6.07) is 16.1. The number of allylic oxidation sites excluding steroid dienone is 2. The van der Waals surface area contributed by atoms with Gasteiger partial charge in [-0.1, -0.05) is 38.1 Å². The number of hydrogen-bond acceptors (Lipinski definition) is 8. The lowest BCUT2D eigenvalue weighted by Crippen LogP contribution is -2.18. The van der Waals surface area contributed by atoms with Crippen LogP contribution in [0.2, 0.25) is 0 Å². The minimum absolute atomic E-state index is 0.227. The van der Waals surface area contributed by atoms with Gasteiger partial charge in [-0.25, -0.2) is 9.59 Å². The maximum Gasteiger partial charge on any atom is 0.373 e. The number of ether oxygens (including phenoxy) is 6. The van der Waals surface area contributed by atoms with Crippen LogP contribution in [-0.4, -0.2) is 51.6 Å². The van der Waals surface area contributed by atoms with Crippen molar-refractivity contribution in [3.63, 3.8) is 0 Å². The van der Waals surface area contributed by atoms with Crippen LogP contribution in [0, 0.1) is 0 Å². The molecule has 0 aliphatic rings. The molecule has 0 fully saturated rings. The fourth-order valence-electron chi connectivity index (χ4n) is 3.90. The van der Waals surface area contributed by atoms with Gasteiger partial charge in [-0.15, -0.1) is 0 Å². The first-order chi connectivity index (χ1) is 19.8. The van der Waals surface area contributed by atoms with Crippen molar-refractivity contribution in [3.8, 4) is 11.5 Å². The second kappa shape index (κ2) is 17.7. The van der Waals surface area contributed by atoms with Crippen molar-refractivity contribution in [2.24, 2.45) is 0 Å². The van der Waals surface area contributed by atoms with E-state index in [1.165, 1.54) is 0 Å². The fraction of sp³-hybridized carbons (Fsp3) is 0.455. The van der Waals surface area contributed by atoms with E-state index in [1.807, 2.05) is 38.1 Å². The van der Waals surface area contributed by atoms with Crippen molar-refractivity contribution in [1.29, 1.82) is 0 Å². The lowest BCUT2D eigenvalue weighted by Gasteiger charge is -2.26. The Morgan fingerprint density at radius 2 is 0.976 bits per heavy atom. The summed E-state index contributed by atoms with van der Waals surface area (Å²) in [5.41, 5.74) is 2.07. The molecule has 0 aromatic heterocycles. The van der Waals surface area contributed by atoms with Crippen LogP contribution in [0.5, 0.6) is 11.5 Å². The summed E-state index contributed by atoms with van der Waals surface area (Å²) >= 11 is 0. The topological polar surface area (TPSA) is 89.5 Å². The summed E-state index contributed by atoms with van der Waals surface area (Å²) in [6.45, 7) is 13.7. The first-order valence-electron chi connectivity index (χ1n) is 14.2. The van der Waals surface area contributed by atoms with Gasteiger partial charge in [-0.2, -0.15) is 0 Å². The van der Waals surface area contributed by atoms with E-state index in [-0.39, 0.29) is 30.1 Å². The lowest BCUT2D eigenvalue weighted by molar-refractivity contribution is -0.144. The lowest BCUT2D eigenvalue weighted by atomic mass is 9.78. The molecule has 2 aromatic rings. The highest BCUT2D eigenvalue weighted by molar-refractivity contribution is 5.86. The maximum atomic E-state index is 11.9. The van der Waals surface area contributed by atoms with E-state index in [1.54, 1.807) is 26.0 Å². The molecule has 41 heavy (non-hydrogen) atoms. The Morgan fingerprint density at radius 3 is 1.29 bits per heavy atom. The summed E-state index contributed by atoms with van der Waals surface area (Å²) in [5, 5.41) is 0. The molecule has 0 amide bonds. The van der Waals surface area contributed by atoms with E-state index in [0.717, 1.165) is 22.6 Å². The van der Waals surface area contributed by atoms with Crippen molar-refractivity contribution >= 4 is 11.9 Å². The Hall–Kier alpha value is -3.94. The van der Waals surface area contributed by atoms with Gasteiger partial charge in [0.1, 0.15) is 11.5 Å². The van der Waals surface area contributed by atoms with Gasteiger partial charge in [0.2, 0.25) is 0 Å². The Balaban J connectivity index is 1.77. The predicted octanol–water partition coefficient (Wildman–Crippen LogP) is 6.52. The zero-order valence-corrected chi connectivity index (χ0v) is 25.2. The van der Waals surface area contributed by atoms with Crippen LogP contribution in [0.3, 0.4) is 0 Å². The highest BCUT2D eigenvalue weighted by Crippen LogP contribution is 2.33. The molecule has 0 bridgehead atoms.